The van der Waals surface area contributed by atoms with Crippen LogP contribution >= 0.6 is 0 Å². The van der Waals surface area contributed by atoms with E-state index in [9.17, 15) is 0 Å². The van der Waals surface area contributed by atoms with Crippen LogP contribution in [0.5, 0.6) is 0 Å². The molecule has 5 aliphatic carbocycles. The first kappa shape index (κ1) is 33.8. The highest BCUT2D eigenvalue weighted by molar-refractivity contribution is 6.18. The molecule has 5 aromatic rings. The second kappa shape index (κ2) is 12.6. The van der Waals surface area contributed by atoms with E-state index in [-0.39, 0.29) is 35.3 Å². The fourth-order valence-corrected chi connectivity index (χ4v) is 11.4. The first-order chi connectivity index (χ1) is 28.5. The second-order valence-corrected chi connectivity index (χ2v) is 17.5. The number of nitrogens with one attached hydrogen (secondary N) is 1. The Balaban J connectivity index is 0.956. The molecule has 1 fully saturated rings. The van der Waals surface area contributed by atoms with E-state index in [2.05, 4.69) is 182 Å². The fraction of sp³-hybridized carbons (Fsp3) is 0.200. The Morgan fingerprint density at radius 2 is 1.62 bits per heavy atom. The molecule has 5 unspecified atom stereocenters. The molecule has 1 aromatic heterocycles. The minimum Gasteiger partial charge on any atom is -0.488 e. The summed E-state index contributed by atoms with van der Waals surface area (Å²) in [6, 6.07) is 31.8. The number of hydrogen-bond acceptors (Lipinski definition) is 2. The van der Waals surface area contributed by atoms with Crippen molar-refractivity contribution in [1.82, 2.24) is 9.88 Å². The van der Waals surface area contributed by atoms with E-state index in [1.54, 1.807) is 0 Å². The Labute approximate surface area is 340 Å². The van der Waals surface area contributed by atoms with Gasteiger partial charge in [0, 0.05) is 39.6 Å². The number of aromatic nitrogens is 1. The number of ether oxygens (including phenoxy) is 1. The van der Waals surface area contributed by atoms with Crippen molar-refractivity contribution in [2.45, 2.75) is 50.7 Å². The van der Waals surface area contributed by atoms with Crippen LogP contribution in [0.25, 0.3) is 49.9 Å². The van der Waals surface area contributed by atoms with Gasteiger partial charge in [0.15, 0.2) is 0 Å². The first-order valence-corrected chi connectivity index (χ1v) is 21.1. The number of nitrogens with zero attached hydrogens (tertiary/aromatic N) is 1. The van der Waals surface area contributed by atoms with Crippen LogP contribution in [0, 0.1) is 17.8 Å². The number of rotatable bonds is 4. The number of fused-ring (bicyclic) bond motifs is 11. The van der Waals surface area contributed by atoms with E-state index in [4.69, 9.17) is 11.3 Å². The molecule has 282 valence electrons. The van der Waals surface area contributed by atoms with Crippen LogP contribution in [0.2, 0.25) is 0 Å². The lowest BCUT2D eigenvalue weighted by atomic mass is 9.70. The van der Waals surface area contributed by atoms with Crippen molar-refractivity contribution in [1.29, 1.82) is 0 Å². The van der Waals surface area contributed by atoms with E-state index in [1.165, 1.54) is 83.2 Å². The number of allylic oxidation sites excluding steroid dienone is 15. The summed E-state index contributed by atoms with van der Waals surface area (Å²) in [4.78, 5) is 0. The van der Waals surface area contributed by atoms with Gasteiger partial charge in [0.2, 0.25) is 0 Å². The van der Waals surface area contributed by atoms with Crippen LogP contribution < -0.4 is 5.32 Å². The van der Waals surface area contributed by atoms with Gasteiger partial charge in [0.05, 0.1) is 22.8 Å². The lowest BCUT2D eigenvalue weighted by Gasteiger charge is -2.41. The van der Waals surface area contributed by atoms with Crippen LogP contribution in [0.4, 0.5) is 0 Å². The Hall–Kier alpha value is -6.32. The third-order valence-corrected chi connectivity index (χ3v) is 14.1. The van der Waals surface area contributed by atoms with Crippen LogP contribution in [0.3, 0.4) is 0 Å². The molecule has 0 bridgehead atoms. The minimum absolute atomic E-state index is 0.0300. The predicted octanol–water partition coefficient (Wildman–Crippen LogP) is 12.8. The van der Waals surface area contributed by atoms with Gasteiger partial charge in [0.1, 0.15) is 11.9 Å². The van der Waals surface area contributed by atoms with E-state index < -0.39 is 0 Å². The fourth-order valence-electron chi connectivity index (χ4n) is 11.4. The third kappa shape index (κ3) is 4.74. The molecule has 0 radical (unpaired) electrons. The maximum absolute atomic E-state index is 7.21. The Morgan fingerprint density at radius 1 is 0.776 bits per heavy atom. The van der Waals surface area contributed by atoms with Crippen molar-refractivity contribution >= 4 is 38.8 Å². The topological polar surface area (TPSA) is 26.2 Å². The van der Waals surface area contributed by atoms with Crippen molar-refractivity contribution in [3.63, 3.8) is 0 Å². The quantitative estimate of drug-likeness (QED) is 0.185. The van der Waals surface area contributed by atoms with Gasteiger partial charge in [-0.3, -0.25) is 0 Å². The van der Waals surface area contributed by atoms with Crippen molar-refractivity contribution in [2.75, 3.05) is 0 Å². The summed E-state index contributed by atoms with van der Waals surface area (Å²) in [7, 11) is 0. The zero-order valence-electron chi connectivity index (χ0n) is 33.1. The van der Waals surface area contributed by atoms with Gasteiger partial charge >= 0.3 is 0 Å². The van der Waals surface area contributed by atoms with Gasteiger partial charge in [-0.1, -0.05) is 154 Å². The van der Waals surface area contributed by atoms with Crippen molar-refractivity contribution in [3.05, 3.63) is 209 Å². The standard InChI is InChI=1S/C55H46N2O/c1-33-37-17-7-8-18-38(37)53(36-29-27-35(28-30-36)34-15-5-4-6-16-34)56-52(33)41-21-14-26-48-49(41)42-22-13-25-47(54(42)58-48)57-45-24-12-10-20-40(45)51-46(57)32-31-44-50(51)39-19-9-11-23-43(39)55(44,2)3/h5,7-21,23-32,37,42,48-49,52,56H,1,4,6,22H2,2-3H3. The zero-order chi connectivity index (χ0) is 38.7. The molecule has 58 heavy (non-hydrogen) atoms. The maximum Gasteiger partial charge on any atom is 0.125 e. The summed E-state index contributed by atoms with van der Waals surface area (Å²) in [6.07, 6.45) is 30.5. The summed E-state index contributed by atoms with van der Waals surface area (Å²) in [6.45, 7) is 9.56. The number of hydrogen-bond donors (Lipinski definition) is 1. The molecule has 3 nitrogen and oxygen atoms in total. The lowest BCUT2D eigenvalue weighted by molar-refractivity contribution is 0.180. The molecule has 3 heteroatoms. The van der Waals surface area contributed by atoms with Crippen LogP contribution in [0.15, 0.2) is 187 Å². The van der Waals surface area contributed by atoms with Crippen molar-refractivity contribution in [3.8, 4) is 11.1 Å². The summed E-state index contributed by atoms with van der Waals surface area (Å²) in [5.74, 6) is 1.61. The molecule has 2 aliphatic heterocycles. The third-order valence-electron chi connectivity index (χ3n) is 14.1. The molecule has 1 N–H and O–H groups in total. The lowest BCUT2D eigenvalue weighted by Crippen LogP contribution is -2.43. The van der Waals surface area contributed by atoms with E-state index in [0.29, 0.717) is 0 Å². The predicted molar refractivity (Wildman–Crippen MR) is 241 cm³/mol. The maximum atomic E-state index is 7.21. The van der Waals surface area contributed by atoms with Crippen molar-refractivity contribution < 1.29 is 4.74 Å². The van der Waals surface area contributed by atoms with Gasteiger partial charge < -0.3 is 14.6 Å². The second-order valence-electron chi connectivity index (χ2n) is 17.5. The molecule has 7 aliphatic rings. The average molecular weight is 751 g/mol. The average Bonchev–Trinajstić information content (AvgIpc) is 3.90. The van der Waals surface area contributed by atoms with Gasteiger partial charge in [-0.15, -0.1) is 0 Å². The molecule has 3 heterocycles. The molecule has 0 saturated carbocycles. The molecular weight excluding hydrogens is 705 g/mol. The summed E-state index contributed by atoms with van der Waals surface area (Å²) < 4.78 is 9.70. The largest absolute Gasteiger partial charge is 0.488 e. The van der Waals surface area contributed by atoms with Gasteiger partial charge in [0.25, 0.3) is 0 Å². The van der Waals surface area contributed by atoms with Gasteiger partial charge in [-0.2, -0.15) is 0 Å². The van der Waals surface area contributed by atoms with E-state index >= 15 is 0 Å². The monoisotopic (exact) mass is 750 g/mol. The smallest absolute Gasteiger partial charge is 0.125 e. The Morgan fingerprint density at radius 3 is 2.50 bits per heavy atom. The van der Waals surface area contributed by atoms with E-state index in [1.807, 2.05) is 0 Å². The number of benzene rings is 4. The molecular formula is C55H46N2O. The normalized spacial score (nSPS) is 25.9. The van der Waals surface area contributed by atoms with Gasteiger partial charge in [-0.05, 0) is 99.2 Å². The first-order valence-electron chi connectivity index (χ1n) is 21.1. The van der Waals surface area contributed by atoms with Crippen LogP contribution in [-0.2, 0) is 10.2 Å². The molecule has 12 rings (SSSR count). The van der Waals surface area contributed by atoms with Crippen LogP contribution in [-0.4, -0.2) is 16.7 Å². The highest BCUT2D eigenvalue weighted by Crippen LogP contribution is 2.55. The molecule has 0 amide bonds. The molecule has 1 saturated heterocycles. The SMILES string of the molecule is C=C1C2C=CC=CC2=C(c2ccc(C3=CCCC=C3)cc2)NC1C1=CC=CC2OC3=C(n4c5ccccc5c5c6c(ccc54)C(C)(C)c4ccccc4-6)C=CCC3C12. The highest BCUT2D eigenvalue weighted by atomic mass is 16.5. The molecule has 0 spiro atoms. The number of para-hydroxylation sites is 1. The summed E-state index contributed by atoms with van der Waals surface area (Å²) in [5, 5.41) is 6.71. The van der Waals surface area contributed by atoms with Crippen LogP contribution in [0.1, 0.15) is 55.4 Å². The summed E-state index contributed by atoms with van der Waals surface area (Å²) in [5.41, 5.74) is 17.9. The van der Waals surface area contributed by atoms with E-state index in [0.717, 1.165) is 30.7 Å². The molecule has 5 atom stereocenters. The molecule has 4 aromatic carbocycles. The Bertz CT molecular complexity index is 2930. The van der Waals surface area contributed by atoms with Crippen molar-refractivity contribution in [2.24, 2.45) is 17.8 Å². The highest BCUT2D eigenvalue weighted by Gasteiger charge is 2.49. The minimum atomic E-state index is -0.0646. The van der Waals surface area contributed by atoms with Gasteiger partial charge in [-0.25, -0.2) is 0 Å². The summed E-state index contributed by atoms with van der Waals surface area (Å²) >= 11 is 0. The Kier molecular flexibility index (Phi) is 7.33. The zero-order valence-corrected chi connectivity index (χ0v) is 33.1.